The van der Waals surface area contributed by atoms with Crippen LogP contribution in [0.4, 0.5) is 0 Å². The molecule has 0 aromatic rings. The van der Waals surface area contributed by atoms with Gasteiger partial charge in [-0.1, -0.05) is 0 Å². The minimum absolute atomic E-state index is 0.00989. The summed E-state index contributed by atoms with van der Waals surface area (Å²) in [5.74, 6) is -0.00989. The van der Waals surface area contributed by atoms with E-state index >= 15 is 0 Å². The second-order valence-corrected chi connectivity index (χ2v) is 3.38. The SMILES string of the molecule is COC(=S)NCCCNC(C)=O.NC(O)=S. The number of aliphatic hydroxyl groups is 1. The molecule has 5 N–H and O–H groups in total. The Hall–Kier alpha value is -1.15. The summed E-state index contributed by atoms with van der Waals surface area (Å²) in [6, 6.07) is 0. The number of hydrogen-bond donors (Lipinski definition) is 4. The number of rotatable bonds is 4. The molecule has 0 atom stereocenters. The molecule has 0 aromatic carbocycles. The van der Waals surface area contributed by atoms with E-state index in [9.17, 15) is 4.79 Å². The molecule has 1 amide bonds. The molecule has 6 nitrogen and oxygen atoms in total. The van der Waals surface area contributed by atoms with Crippen LogP contribution in [-0.2, 0) is 9.53 Å². The summed E-state index contributed by atoms with van der Waals surface area (Å²) in [6.07, 6.45) is 0.836. The lowest BCUT2D eigenvalue weighted by Crippen LogP contribution is -2.28. The third kappa shape index (κ3) is 23.0. The third-order valence-electron chi connectivity index (χ3n) is 1.18. The van der Waals surface area contributed by atoms with Crippen LogP contribution in [0.2, 0.25) is 0 Å². The van der Waals surface area contributed by atoms with Crippen molar-refractivity contribution in [3.05, 3.63) is 0 Å². The molecule has 0 spiro atoms. The van der Waals surface area contributed by atoms with Crippen molar-refractivity contribution in [1.82, 2.24) is 10.6 Å². The Balaban J connectivity index is 0. The normalized spacial score (nSPS) is 8.12. The van der Waals surface area contributed by atoms with Crippen molar-refractivity contribution < 1.29 is 14.6 Å². The van der Waals surface area contributed by atoms with Gasteiger partial charge in [0.2, 0.25) is 5.91 Å². The first-order valence-corrected chi connectivity index (χ1v) is 5.26. The van der Waals surface area contributed by atoms with E-state index < -0.39 is 5.17 Å². The second kappa shape index (κ2) is 11.9. The maximum absolute atomic E-state index is 10.4. The van der Waals surface area contributed by atoms with Gasteiger partial charge in [-0.25, -0.2) is 0 Å². The monoisotopic (exact) mass is 267 g/mol. The van der Waals surface area contributed by atoms with Crippen LogP contribution in [-0.4, -0.2) is 41.6 Å². The van der Waals surface area contributed by atoms with Gasteiger partial charge in [-0.2, -0.15) is 0 Å². The van der Waals surface area contributed by atoms with E-state index in [4.69, 9.17) is 22.1 Å². The molecule has 0 aliphatic rings. The first-order valence-electron chi connectivity index (χ1n) is 4.44. The Morgan fingerprint density at radius 3 is 2.19 bits per heavy atom. The van der Waals surface area contributed by atoms with Crippen molar-refractivity contribution in [3.63, 3.8) is 0 Å². The minimum atomic E-state index is -0.500. The standard InChI is InChI=1S/C7H14N2O2S.CH3NOS/c1-6(10)8-4-3-5-9-7(12)11-2;2-1(3)4/h3-5H2,1-2H3,(H,8,10)(H,9,12);(H3,2,3,4). The number of nitrogens with one attached hydrogen (secondary N) is 2. The van der Waals surface area contributed by atoms with Crippen LogP contribution >= 0.6 is 24.4 Å². The summed E-state index contributed by atoms with van der Waals surface area (Å²) in [5.41, 5.74) is 4.40. The molecule has 0 unspecified atom stereocenters. The second-order valence-electron chi connectivity index (χ2n) is 2.59. The highest BCUT2D eigenvalue weighted by molar-refractivity contribution is 7.80. The van der Waals surface area contributed by atoms with Gasteiger partial charge in [0.1, 0.15) is 0 Å². The van der Waals surface area contributed by atoms with Gasteiger partial charge in [-0.3, -0.25) is 4.79 Å². The fourth-order valence-electron chi connectivity index (χ4n) is 0.615. The first-order chi connectivity index (χ1) is 7.40. The zero-order chi connectivity index (χ0) is 13.0. The molecule has 0 aromatic heterocycles. The van der Waals surface area contributed by atoms with E-state index in [-0.39, 0.29) is 5.91 Å². The van der Waals surface area contributed by atoms with Crippen LogP contribution in [0.3, 0.4) is 0 Å². The zero-order valence-electron chi connectivity index (χ0n) is 9.28. The molecule has 0 radical (unpaired) electrons. The lowest BCUT2D eigenvalue weighted by Gasteiger charge is -2.05. The topological polar surface area (TPSA) is 96.6 Å². The highest BCUT2D eigenvalue weighted by atomic mass is 32.1. The largest absolute Gasteiger partial charge is 0.487 e. The molecule has 0 aliphatic heterocycles. The summed E-state index contributed by atoms with van der Waals surface area (Å²) >= 11 is 8.61. The lowest BCUT2D eigenvalue weighted by molar-refractivity contribution is -0.118. The summed E-state index contributed by atoms with van der Waals surface area (Å²) in [5, 5.41) is 13.0. The summed E-state index contributed by atoms with van der Waals surface area (Å²) in [6.45, 7) is 2.87. The van der Waals surface area contributed by atoms with Gasteiger partial charge in [-0.05, 0) is 30.9 Å². The Kier molecular flexibility index (Phi) is 12.9. The molecule has 0 bridgehead atoms. The van der Waals surface area contributed by atoms with Crippen LogP contribution in [0.25, 0.3) is 0 Å². The van der Waals surface area contributed by atoms with E-state index in [0.717, 1.165) is 6.42 Å². The molecule has 0 saturated heterocycles. The van der Waals surface area contributed by atoms with Gasteiger partial charge >= 0.3 is 0 Å². The van der Waals surface area contributed by atoms with Crippen molar-refractivity contribution in [1.29, 1.82) is 0 Å². The van der Waals surface area contributed by atoms with Crippen LogP contribution in [0.15, 0.2) is 0 Å². The Labute approximate surface area is 106 Å². The Bertz CT molecular complexity index is 233. The van der Waals surface area contributed by atoms with Gasteiger partial charge in [0.15, 0.2) is 0 Å². The molecule has 0 rings (SSSR count). The fraction of sp³-hybridized carbons (Fsp3) is 0.625. The van der Waals surface area contributed by atoms with E-state index in [1.807, 2.05) is 0 Å². The molecule has 0 aliphatic carbocycles. The molecule has 0 fully saturated rings. The molecular formula is C8H17N3O3S2. The van der Waals surface area contributed by atoms with Gasteiger partial charge in [-0.15, -0.1) is 0 Å². The average molecular weight is 267 g/mol. The number of thiocarbonyl (C=S) groups is 2. The first kappa shape index (κ1) is 17.3. The maximum atomic E-state index is 10.4. The summed E-state index contributed by atoms with van der Waals surface area (Å²) < 4.78 is 4.71. The third-order valence-corrected chi connectivity index (χ3v) is 1.49. The molecular weight excluding hydrogens is 250 g/mol. The molecule has 8 heteroatoms. The number of amides is 1. The predicted molar refractivity (Wildman–Crippen MR) is 70.3 cm³/mol. The number of hydrogen-bond acceptors (Lipinski definition) is 4. The highest BCUT2D eigenvalue weighted by Crippen LogP contribution is 1.76. The van der Waals surface area contributed by atoms with Crippen LogP contribution in [0, 0.1) is 0 Å². The smallest absolute Gasteiger partial charge is 0.256 e. The average Bonchev–Trinajstić information content (AvgIpc) is 2.15. The summed E-state index contributed by atoms with van der Waals surface area (Å²) in [4.78, 5) is 10.4. The van der Waals surface area contributed by atoms with Crippen LogP contribution in [0.1, 0.15) is 13.3 Å². The van der Waals surface area contributed by atoms with Gasteiger partial charge in [0, 0.05) is 20.0 Å². The van der Waals surface area contributed by atoms with Gasteiger partial charge in [0.25, 0.3) is 10.3 Å². The number of carbonyl (C=O) groups is 1. The Morgan fingerprint density at radius 2 is 1.81 bits per heavy atom. The number of aliphatic hydroxyl groups excluding tert-OH is 1. The Morgan fingerprint density at radius 1 is 1.38 bits per heavy atom. The number of methoxy groups -OCH3 is 1. The van der Waals surface area contributed by atoms with Crippen molar-refractivity contribution in [2.45, 2.75) is 13.3 Å². The van der Waals surface area contributed by atoms with Gasteiger partial charge < -0.3 is 26.2 Å². The lowest BCUT2D eigenvalue weighted by atomic mass is 10.4. The van der Waals surface area contributed by atoms with Crippen molar-refractivity contribution in [3.8, 4) is 0 Å². The van der Waals surface area contributed by atoms with E-state index in [1.54, 1.807) is 0 Å². The molecule has 94 valence electrons. The minimum Gasteiger partial charge on any atom is -0.487 e. The van der Waals surface area contributed by atoms with Crippen molar-refractivity contribution >= 4 is 40.7 Å². The van der Waals surface area contributed by atoms with Crippen LogP contribution < -0.4 is 16.4 Å². The van der Waals surface area contributed by atoms with Crippen molar-refractivity contribution in [2.75, 3.05) is 20.2 Å². The number of carbonyl (C=O) groups excluding carboxylic acids is 1. The van der Waals surface area contributed by atoms with E-state index in [2.05, 4.69) is 28.6 Å². The molecule has 0 saturated carbocycles. The van der Waals surface area contributed by atoms with Crippen molar-refractivity contribution in [2.24, 2.45) is 5.73 Å². The van der Waals surface area contributed by atoms with Crippen LogP contribution in [0.5, 0.6) is 0 Å². The quantitative estimate of drug-likeness (QED) is 0.414. The molecule has 16 heavy (non-hydrogen) atoms. The molecule has 0 heterocycles. The zero-order valence-corrected chi connectivity index (χ0v) is 10.9. The van der Waals surface area contributed by atoms with E-state index in [0.29, 0.717) is 18.3 Å². The highest BCUT2D eigenvalue weighted by Gasteiger charge is 1.92. The fourth-order valence-corrected chi connectivity index (χ4v) is 0.717. The summed E-state index contributed by atoms with van der Waals surface area (Å²) in [7, 11) is 1.52. The number of nitrogens with two attached hydrogens (primary N) is 1. The van der Waals surface area contributed by atoms with E-state index in [1.165, 1.54) is 14.0 Å². The number of ether oxygens (including phenoxy) is 1. The predicted octanol–water partition coefficient (Wildman–Crippen LogP) is -0.178. The van der Waals surface area contributed by atoms with Gasteiger partial charge in [0.05, 0.1) is 7.11 Å². The maximum Gasteiger partial charge on any atom is 0.256 e.